The quantitative estimate of drug-likeness (QED) is 0.658. The summed E-state index contributed by atoms with van der Waals surface area (Å²) in [5.74, 6) is 0.709. The third kappa shape index (κ3) is 5.32. The standard InChI is InChI=1S/C20H25N3O3S/c1-25-19-5-3-2-4-17(19)22-20(27)21-14-18(24)15-6-8-16(9-7-15)23-10-12-26-13-11-23/h2-9,18,24H,10-14H2,1H3,(H2,21,22,27). The van der Waals surface area contributed by atoms with Crippen LogP contribution in [0, 0.1) is 0 Å². The highest BCUT2D eigenvalue weighted by atomic mass is 32.1. The Labute approximate surface area is 165 Å². The largest absolute Gasteiger partial charge is 0.495 e. The summed E-state index contributed by atoms with van der Waals surface area (Å²) in [6.45, 7) is 3.62. The zero-order valence-electron chi connectivity index (χ0n) is 15.4. The van der Waals surface area contributed by atoms with Gasteiger partial charge in [-0.2, -0.15) is 0 Å². The molecule has 2 aromatic rings. The summed E-state index contributed by atoms with van der Waals surface area (Å²) in [6, 6.07) is 15.5. The number of thiocarbonyl (C=S) groups is 1. The smallest absolute Gasteiger partial charge is 0.170 e. The van der Waals surface area contributed by atoms with Gasteiger partial charge in [0.1, 0.15) is 5.75 Å². The van der Waals surface area contributed by atoms with Crippen LogP contribution in [0.3, 0.4) is 0 Å². The molecule has 0 bridgehead atoms. The summed E-state index contributed by atoms with van der Waals surface area (Å²) in [4.78, 5) is 2.28. The van der Waals surface area contributed by atoms with Crippen LogP contribution in [0.1, 0.15) is 11.7 Å². The normalized spacial score (nSPS) is 15.1. The number of morpholine rings is 1. The lowest BCUT2D eigenvalue weighted by Crippen LogP contribution is -2.36. The van der Waals surface area contributed by atoms with Crippen LogP contribution in [0.4, 0.5) is 11.4 Å². The van der Waals surface area contributed by atoms with Crippen LogP contribution in [-0.2, 0) is 4.74 Å². The highest BCUT2D eigenvalue weighted by Gasteiger charge is 2.13. The Morgan fingerprint density at radius 1 is 1.19 bits per heavy atom. The first-order chi connectivity index (χ1) is 13.2. The van der Waals surface area contributed by atoms with E-state index in [1.807, 2.05) is 48.5 Å². The number of nitrogens with one attached hydrogen (secondary N) is 2. The number of benzene rings is 2. The highest BCUT2D eigenvalue weighted by Crippen LogP contribution is 2.23. The van der Waals surface area contributed by atoms with E-state index >= 15 is 0 Å². The Kier molecular flexibility index (Phi) is 6.86. The molecular weight excluding hydrogens is 362 g/mol. The Bertz CT molecular complexity index is 748. The van der Waals surface area contributed by atoms with E-state index in [4.69, 9.17) is 21.7 Å². The van der Waals surface area contributed by atoms with Gasteiger partial charge in [0.05, 0.1) is 32.1 Å². The lowest BCUT2D eigenvalue weighted by atomic mass is 10.1. The molecule has 1 heterocycles. The molecule has 2 aromatic carbocycles. The molecule has 27 heavy (non-hydrogen) atoms. The van der Waals surface area contributed by atoms with Gasteiger partial charge in [-0.3, -0.25) is 0 Å². The monoisotopic (exact) mass is 387 g/mol. The van der Waals surface area contributed by atoms with Crippen molar-refractivity contribution in [2.45, 2.75) is 6.10 Å². The van der Waals surface area contributed by atoms with Crippen LogP contribution in [0.15, 0.2) is 48.5 Å². The van der Waals surface area contributed by atoms with Crippen LogP contribution < -0.4 is 20.3 Å². The van der Waals surface area contributed by atoms with E-state index in [2.05, 4.69) is 15.5 Å². The van der Waals surface area contributed by atoms with Gasteiger partial charge < -0.3 is 30.1 Å². The number of hydrogen-bond donors (Lipinski definition) is 3. The number of ether oxygens (including phenoxy) is 2. The van der Waals surface area contributed by atoms with Crippen molar-refractivity contribution in [1.82, 2.24) is 5.32 Å². The van der Waals surface area contributed by atoms with Crippen molar-refractivity contribution in [2.75, 3.05) is 50.2 Å². The van der Waals surface area contributed by atoms with Crippen LogP contribution in [0.5, 0.6) is 5.75 Å². The van der Waals surface area contributed by atoms with E-state index in [-0.39, 0.29) is 0 Å². The zero-order chi connectivity index (χ0) is 19.1. The average molecular weight is 388 g/mol. The topological polar surface area (TPSA) is 66.0 Å². The van der Waals surface area contributed by atoms with Crippen molar-refractivity contribution in [3.05, 3.63) is 54.1 Å². The molecule has 1 aliphatic heterocycles. The average Bonchev–Trinajstić information content (AvgIpc) is 2.73. The fourth-order valence-electron chi connectivity index (χ4n) is 2.95. The summed E-state index contributed by atoms with van der Waals surface area (Å²) < 4.78 is 10.7. The molecule has 0 spiro atoms. The Hall–Kier alpha value is -2.35. The van der Waals surface area contributed by atoms with Crippen LogP contribution >= 0.6 is 12.2 Å². The van der Waals surface area contributed by atoms with E-state index in [0.29, 0.717) is 17.4 Å². The molecule has 0 aliphatic carbocycles. The minimum absolute atomic E-state index is 0.317. The Morgan fingerprint density at radius 3 is 2.59 bits per heavy atom. The minimum Gasteiger partial charge on any atom is -0.495 e. The second-order valence-corrected chi connectivity index (χ2v) is 6.65. The van der Waals surface area contributed by atoms with Gasteiger partial charge in [0.2, 0.25) is 0 Å². The van der Waals surface area contributed by atoms with Gasteiger partial charge in [-0.1, -0.05) is 24.3 Å². The molecular formula is C20H25N3O3S. The molecule has 144 valence electrons. The fourth-order valence-corrected chi connectivity index (χ4v) is 3.14. The van der Waals surface area contributed by atoms with E-state index in [0.717, 1.165) is 43.2 Å². The van der Waals surface area contributed by atoms with Gasteiger partial charge in [-0.15, -0.1) is 0 Å². The first kappa shape index (κ1) is 19.4. The van der Waals surface area contributed by atoms with Crippen molar-refractivity contribution in [3.63, 3.8) is 0 Å². The van der Waals surface area contributed by atoms with Crippen molar-refractivity contribution < 1.29 is 14.6 Å². The van der Waals surface area contributed by atoms with Crippen molar-refractivity contribution in [3.8, 4) is 5.75 Å². The van der Waals surface area contributed by atoms with Gasteiger partial charge >= 0.3 is 0 Å². The third-order valence-electron chi connectivity index (χ3n) is 4.47. The predicted molar refractivity (Wildman–Crippen MR) is 112 cm³/mol. The highest BCUT2D eigenvalue weighted by molar-refractivity contribution is 7.80. The van der Waals surface area contributed by atoms with E-state index in [1.54, 1.807) is 7.11 Å². The maximum Gasteiger partial charge on any atom is 0.170 e. The minimum atomic E-state index is -0.652. The van der Waals surface area contributed by atoms with Gasteiger partial charge in [-0.05, 0) is 42.0 Å². The summed E-state index contributed by atoms with van der Waals surface area (Å²) in [5, 5.41) is 17.0. The van der Waals surface area contributed by atoms with Gasteiger partial charge in [-0.25, -0.2) is 0 Å². The summed E-state index contributed by atoms with van der Waals surface area (Å²) >= 11 is 5.31. The molecule has 0 aromatic heterocycles. The van der Waals surface area contributed by atoms with Gasteiger partial charge in [0.15, 0.2) is 5.11 Å². The SMILES string of the molecule is COc1ccccc1NC(=S)NCC(O)c1ccc(N2CCOCC2)cc1. The van der Waals surface area contributed by atoms with E-state index in [1.165, 1.54) is 0 Å². The molecule has 6 nitrogen and oxygen atoms in total. The molecule has 0 radical (unpaired) electrons. The zero-order valence-corrected chi connectivity index (χ0v) is 16.2. The second kappa shape index (κ2) is 9.55. The molecule has 1 unspecified atom stereocenters. The molecule has 0 amide bonds. The molecule has 1 saturated heterocycles. The Balaban J connectivity index is 1.51. The van der Waals surface area contributed by atoms with Crippen LogP contribution in [0.2, 0.25) is 0 Å². The van der Waals surface area contributed by atoms with Crippen LogP contribution in [-0.4, -0.2) is 50.2 Å². The lowest BCUT2D eigenvalue weighted by Gasteiger charge is -2.29. The number of rotatable bonds is 6. The number of methoxy groups -OCH3 is 1. The third-order valence-corrected chi connectivity index (χ3v) is 4.71. The number of aliphatic hydroxyl groups excluding tert-OH is 1. The number of para-hydroxylation sites is 2. The first-order valence-electron chi connectivity index (χ1n) is 8.96. The molecule has 1 aliphatic rings. The summed E-state index contributed by atoms with van der Waals surface area (Å²) in [5.41, 5.74) is 2.78. The molecule has 3 N–H and O–H groups in total. The van der Waals surface area contributed by atoms with E-state index in [9.17, 15) is 5.11 Å². The molecule has 3 rings (SSSR count). The van der Waals surface area contributed by atoms with Crippen molar-refractivity contribution in [2.24, 2.45) is 0 Å². The predicted octanol–water partition coefficient (Wildman–Crippen LogP) is 2.55. The number of aliphatic hydroxyl groups is 1. The maximum absolute atomic E-state index is 10.4. The molecule has 7 heteroatoms. The molecule has 0 saturated carbocycles. The number of nitrogens with zero attached hydrogens (tertiary/aromatic N) is 1. The van der Waals surface area contributed by atoms with Crippen molar-refractivity contribution in [1.29, 1.82) is 0 Å². The summed E-state index contributed by atoms with van der Waals surface area (Å²) in [7, 11) is 1.61. The van der Waals surface area contributed by atoms with Crippen molar-refractivity contribution >= 4 is 28.7 Å². The second-order valence-electron chi connectivity index (χ2n) is 6.24. The molecule has 1 atom stereocenters. The van der Waals surface area contributed by atoms with Gasteiger partial charge in [0, 0.05) is 25.3 Å². The van der Waals surface area contributed by atoms with E-state index < -0.39 is 6.10 Å². The lowest BCUT2D eigenvalue weighted by molar-refractivity contribution is 0.122. The maximum atomic E-state index is 10.4. The van der Waals surface area contributed by atoms with Crippen LogP contribution in [0.25, 0.3) is 0 Å². The number of hydrogen-bond acceptors (Lipinski definition) is 5. The fraction of sp³-hybridized carbons (Fsp3) is 0.350. The summed E-state index contributed by atoms with van der Waals surface area (Å²) in [6.07, 6.45) is -0.652. The van der Waals surface area contributed by atoms with Gasteiger partial charge in [0.25, 0.3) is 0 Å². The first-order valence-corrected chi connectivity index (χ1v) is 9.37. The number of anilines is 2. The molecule has 1 fully saturated rings. The Morgan fingerprint density at radius 2 is 1.89 bits per heavy atom.